The molecule has 5 nitrogen and oxygen atoms in total. The Balaban J connectivity index is 0.00000208. The lowest BCUT2D eigenvalue weighted by atomic mass is 9.88. The third-order valence-corrected chi connectivity index (χ3v) is 5.23. The number of carbonyl (C=O) groups is 1. The highest BCUT2D eigenvalue weighted by Gasteiger charge is 2.32. The number of methoxy groups -OCH3 is 2. The summed E-state index contributed by atoms with van der Waals surface area (Å²) >= 11 is 0. The molecule has 1 fully saturated rings. The first-order chi connectivity index (χ1) is 11.1. The molecule has 1 N–H and O–H groups in total. The normalized spacial score (nSPS) is 18.5. The maximum absolute atomic E-state index is 12.7. The molecule has 2 aliphatic heterocycles. The first kappa shape index (κ1) is 18.9. The highest BCUT2D eigenvalue weighted by molar-refractivity contribution is 5.85. The van der Waals surface area contributed by atoms with E-state index >= 15 is 0 Å². The summed E-state index contributed by atoms with van der Waals surface area (Å²) in [6, 6.07) is 4.11. The van der Waals surface area contributed by atoms with Crippen molar-refractivity contribution in [2.24, 2.45) is 11.8 Å². The monoisotopic (exact) mass is 354 g/mol. The van der Waals surface area contributed by atoms with Crippen molar-refractivity contribution in [1.82, 2.24) is 10.2 Å². The number of ether oxygens (including phenoxy) is 2. The van der Waals surface area contributed by atoms with E-state index in [9.17, 15) is 4.79 Å². The zero-order chi connectivity index (χ0) is 16.4. The smallest absolute Gasteiger partial charge is 0.225 e. The number of fused-ring (bicyclic) bond motifs is 1. The molecule has 1 saturated heterocycles. The Labute approximate surface area is 150 Å². The van der Waals surface area contributed by atoms with Crippen LogP contribution in [0.4, 0.5) is 0 Å². The molecule has 24 heavy (non-hydrogen) atoms. The van der Waals surface area contributed by atoms with Gasteiger partial charge in [0.05, 0.1) is 14.2 Å². The van der Waals surface area contributed by atoms with Gasteiger partial charge in [-0.3, -0.25) is 4.79 Å². The SMILES string of the molecule is COc1cc2c(cc1OC)CCN(C(=O)C(C)C1CNC1)CC2.Cl. The molecule has 1 atom stereocenters. The van der Waals surface area contributed by atoms with Gasteiger partial charge in [-0.15, -0.1) is 12.4 Å². The Morgan fingerprint density at radius 2 is 1.62 bits per heavy atom. The first-order valence-corrected chi connectivity index (χ1v) is 8.37. The lowest BCUT2D eigenvalue weighted by Crippen LogP contribution is -2.50. The average Bonchev–Trinajstić information content (AvgIpc) is 2.72. The fourth-order valence-corrected chi connectivity index (χ4v) is 3.43. The highest BCUT2D eigenvalue weighted by Crippen LogP contribution is 2.32. The van der Waals surface area contributed by atoms with Gasteiger partial charge in [0.1, 0.15) is 0 Å². The molecular formula is C18H27ClN2O3. The molecular weight excluding hydrogens is 328 g/mol. The maximum Gasteiger partial charge on any atom is 0.225 e. The fraction of sp³-hybridized carbons (Fsp3) is 0.611. The minimum atomic E-state index is 0. The van der Waals surface area contributed by atoms with E-state index in [0.29, 0.717) is 11.8 Å². The summed E-state index contributed by atoms with van der Waals surface area (Å²) in [5.41, 5.74) is 2.52. The van der Waals surface area contributed by atoms with Crippen molar-refractivity contribution >= 4 is 18.3 Å². The average molecular weight is 355 g/mol. The third kappa shape index (κ3) is 3.62. The zero-order valence-corrected chi connectivity index (χ0v) is 15.4. The van der Waals surface area contributed by atoms with Gasteiger partial charge < -0.3 is 19.7 Å². The molecule has 2 aliphatic rings. The summed E-state index contributed by atoms with van der Waals surface area (Å²) < 4.78 is 10.8. The van der Waals surface area contributed by atoms with Crippen LogP contribution in [0.2, 0.25) is 0 Å². The van der Waals surface area contributed by atoms with E-state index in [1.54, 1.807) is 14.2 Å². The van der Waals surface area contributed by atoms with Crippen LogP contribution >= 0.6 is 12.4 Å². The largest absolute Gasteiger partial charge is 0.493 e. The quantitative estimate of drug-likeness (QED) is 0.897. The van der Waals surface area contributed by atoms with Crippen molar-refractivity contribution in [2.75, 3.05) is 40.4 Å². The van der Waals surface area contributed by atoms with Crippen LogP contribution in [0.15, 0.2) is 12.1 Å². The molecule has 1 amide bonds. The lowest BCUT2D eigenvalue weighted by Gasteiger charge is -2.34. The van der Waals surface area contributed by atoms with E-state index < -0.39 is 0 Å². The van der Waals surface area contributed by atoms with Gasteiger partial charge >= 0.3 is 0 Å². The number of halogens is 1. The molecule has 3 rings (SSSR count). The number of nitrogens with one attached hydrogen (secondary N) is 1. The number of carbonyl (C=O) groups excluding carboxylic acids is 1. The van der Waals surface area contributed by atoms with Crippen molar-refractivity contribution in [3.05, 3.63) is 23.3 Å². The van der Waals surface area contributed by atoms with Gasteiger partial charge in [-0.1, -0.05) is 6.92 Å². The van der Waals surface area contributed by atoms with E-state index in [1.165, 1.54) is 11.1 Å². The molecule has 6 heteroatoms. The summed E-state index contributed by atoms with van der Waals surface area (Å²) in [5, 5.41) is 3.25. The van der Waals surface area contributed by atoms with E-state index in [2.05, 4.69) is 24.4 Å². The summed E-state index contributed by atoms with van der Waals surface area (Å²) in [5.74, 6) is 2.43. The number of benzene rings is 1. The van der Waals surface area contributed by atoms with Gasteiger partial charge in [-0.2, -0.15) is 0 Å². The van der Waals surface area contributed by atoms with E-state index in [-0.39, 0.29) is 18.3 Å². The molecule has 0 spiro atoms. The summed E-state index contributed by atoms with van der Waals surface area (Å²) in [7, 11) is 3.32. The van der Waals surface area contributed by atoms with Crippen LogP contribution in [0.3, 0.4) is 0 Å². The fourth-order valence-electron chi connectivity index (χ4n) is 3.43. The Bertz CT molecular complexity index is 555. The Morgan fingerprint density at radius 1 is 1.12 bits per heavy atom. The standard InChI is InChI=1S/C18H26N2O3.ClH/c1-12(15-10-19-11-15)18(21)20-6-4-13-8-16(22-2)17(23-3)9-14(13)5-7-20;/h8-9,12,15,19H,4-7,10-11H2,1-3H3;1H. The lowest BCUT2D eigenvalue weighted by molar-refractivity contribution is -0.137. The van der Waals surface area contributed by atoms with Crippen LogP contribution in [0, 0.1) is 11.8 Å². The number of nitrogens with zero attached hydrogens (tertiary/aromatic N) is 1. The number of rotatable bonds is 4. The summed E-state index contributed by atoms with van der Waals surface area (Å²) in [6.45, 7) is 5.57. The van der Waals surface area contributed by atoms with Crippen molar-refractivity contribution in [3.8, 4) is 11.5 Å². The minimum Gasteiger partial charge on any atom is -0.493 e. The number of hydrogen-bond donors (Lipinski definition) is 1. The summed E-state index contributed by atoms with van der Waals surface area (Å²) in [4.78, 5) is 14.8. The molecule has 0 aliphatic carbocycles. The molecule has 1 aromatic carbocycles. The van der Waals surface area contributed by atoms with Crippen molar-refractivity contribution in [1.29, 1.82) is 0 Å². The second-order valence-electron chi connectivity index (χ2n) is 6.51. The van der Waals surface area contributed by atoms with E-state index in [4.69, 9.17) is 9.47 Å². The van der Waals surface area contributed by atoms with E-state index in [1.807, 2.05) is 4.90 Å². The third-order valence-electron chi connectivity index (χ3n) is 5.23. The maximum atomic E-state index is 12.7. The molecule has 1 unspecified atom stereocenters. The van der Waals surface area contributed by atoms with Crippen molar-refractivity contribution in [2.45, 2.75) is 19.8 Å². The molecule has 0 saturated carbocycles. The topological polar surface area (TPSA) is 50.8 Å². The van der Waals surface area contributed by atoms with Gasteiger partial charge in [0.25, 0.3) is 0 Å². The van der Waals surface area contributed by atoms with E-state index in [0.717, 1.165) is 50.5 Å². The van der Waals surface area contributed by atoms with Crippen LogP contribution in [0.1, 0.15) is 18.1 Å². The Morgan fingerprint density at radius 3 is 2.00 bits per heavy atom. The Hall–Kier alpha value is -1.46. The predicted molar refractivity (Wildman–Crippen MR) is 96.3 cm³/mol. The van der Waals surface area contributed by atoms with Crippen LogP contribution in [-0.4, -0.2) is 51.2 Å². The van der Waals surface area contributed by atoms with Crippen LogP contribution in [0.25, 0.3) is 0 Å². The van der Waals surface area contributed by atoms with Crippen molar-refractivity contribution in [3.63, 3.8) is 0 Å². The zero-order valence-electron chi connectivity index (χ0n) is 14.6. The number of hydrogen-bond acceptors (Lipinski definition) is 4. The summed E-state index contributed by atoms with van der Waals surface area (Å²) in [6.07, 6.45) is 1.74. The van der Waals surface area contributed by atoms with Crippen LogP contribution in [0.5, 0.6) is 11.5 Å². The molecule has 134 valence electrons. The van der Waals surface area contributed by atoms with Crippen molar-refractivity contribution < 1.29 is 14.3 Å². The minimum absolute atomic E-state index is 0. The molecule has 0 bridgehead atoms. The van der Waals surface area contributed by atoms with Gasteiger partial charge in [0, 0.05) is 19.0 Å². The van der Waals surface area contributed by atoms with Crippen LogP contribution in [-0.2, 0) is 17.6 Å². The molecule has 0 radical (unpaired) electrons. The second kappa shape index (κ2) is 8.08. The highest BCUT2D eigenvalue weighted by atomic mass is 35.5. The van der Waals surface area contributed by atoms with Gasteiger partial charge in [-0.05, 0) is 55.1 Å². The predicted octanol–water partition coefficient (Wildman–Crippen LogP) is 1.91. The molecule has 0 aromatic heterocycles. The van der Waals surface area contributed by atoms with Gasteiger partial charge in [0.15, 0.2) is 11.5 Å². The van der Waals surface area contributed by atoms with Gasteiger partial charge in [-0.25, -0.2) is 0 Å². The van der Waals surface area contributed by atoms with Crippen LogP contribution < -0.4 is 14.8 Å². The number of amides is 1. The molecule has 1 aromatic rings. The Kier molecular flexibility index (Phi) is 6.35. The van der Waals surface area contributed by atoms with Gasteiger partial charge in [0.2, 0.25) is 5.91 Å². The first-order valence-electron chi connectivity index (χ1n) is 8.37. The second-order valence-corrected chi connectivity index (χ2v) is 6.51. The molecule has 2 heterocycles.